The molecular formula is C16H26N4. The van der Waals surface area contributed by atoms with E-state index in [-0.39, 0.29) is 5.54 Å². The van der Waals surface area contributed by atoms with Gasteiger partial charge in [-0.1, -0.05) is 6.08 Å². The van der Waals surface area contributed by atoms with Gasteiger partial charge in [-0.3, -0.25) is 0 Å². The van der Waals surface area contributed by atoms with Crippen LogP contribution in [0, 0.1) is 6.92 Å². The fourth-order valence-corrected chi connectivity index (χ4v) is 2.11. The molecule has 1 aromatic rings. The van der Waals surface area contributed by atoms with E-state index in [0.717, 1.165) is 24.7 Å². The molecule has 20 heavy (non-hydrogen) atoms. The topological polar surface area (TPSA) is 41.1 Å². The van der Waals surface area contributed by atoms with Gasteiger partial charge in [0.2, 0.25) is 5.95 Å². The lowest BCUT2D eigenvalue weighted by atomic mass is 10.1. The SMILES string of the molecule is C=CCN(c1ncc(CNC2CC2)c(C)n1)C(C)(C)C. The van der Waals surface area contributed by atoms with Gasteiger partial charge in [-0.25, -0.2) is 9.97 Å². The zero-order chi connectivity index (χ0) is 14.8. The van der Waals surface area contributed by atoms with Crippen LogP contribution in [-0.4, -0.2) is 28.1 Å². The second-order valence-corrected chi connectivity index (χ2v) is 6.51. The number of anilines is 1. The van der Waals surface area contributed by atoms with Crippen molar-refractivity contribution in [1.29, 1.82) is 0 Å². The van der Waals surface area contributed by atoms with Gasteiger partial charge in [0.15, 0.2) is 0 Å². The minimum atomic E-state index is -0.0194. The maximum absolute atomic E-state index is 4.68. The zero-order valence-corrected chi connectivity index (χ0v) is 13.1. The summed E-state index contributed by atoms with van der Waals surface area (Å²) in [5, 5.41) is 3.51. The lowest BCUT2D eigenvalue weighted by Crippen LogP contribution is -2.42. The molecule has 0 amide bonds. The van der Waals surface area contributed by atoms with Crippen molar-refractivity contribution in [1.82, 2.24) is 15.3 Å². The Labute approximate surface area is 122 Å². The molecule has 0 atom stereocenters. The molecule has 1 N–H and O–H groups in total. The quantitative estimate of drug-likeness (QED) is 0.810. The van der Waals surface area contributed by atoms with Crippen molar-refractivity contribution in [2.75, 3.05) is 11.4 Å². The molecule has 2 rings (SSSR count). The number of aromatic nitrogens is 2. The third-order valence-electron chi connectivity index (χ3n) is 3.59. The second kappa shape index (κ2) is 5.92. The van der Waals surface area contributed by atoms with Gasteiger partial charge in [0.05, 0.1) is 0 Å². The highest BCUT2D eigenvalue weighted by Gasteiger charge is 2.24. The largest absolute Gasteiger partial charge is 0.332 e. The Balaban J connectivity index is 2.14. The van der Waals surface area contributed by atoms with Crippen LogP contribution >= 0.6 is 0 Å². The van der Waals surface area contributed by atoms with Crippen molar-refractivity contribution >= 4 is 5.95 Å². The maximum atomic E-state index is 4.68. The van der Waals surface area contributed by atoms with Crippen molar-refractivity contribution < 1.29 is 0 Å². The van der Waals surface area contributed by atoms with Crippen LogP contribution < -0.4 is 10.2 Å². The Kier molecular flexibility index (Phi) is 4.43. The first-order chi connectivity index (χ1) is 9.41. The number of nitrogens with one attached hydrogen (secondary N) is 1. The summed E-state index contributed by atoms with van der Waals surface area (Å²) in [4.78, 5) is 11.4. The van der Waals surface area contributed by atoms with E-state index in [2.05, 4.69) is 54.5 Å². The summed E-state index contributed by atoms with van der Waals surface area (Å²) in [5.41, 5.74) is 2.23. The van der Waals surface area contributed by atoms with E-state index >= 15 is 0 Å². The summed E-state index contributed by atoms with van der Waals surface area (Å²) in [6.07, 6.45) is 6.45. The fourth-order valence-electron chi connectivity index (χ4n) is 2.11. The van der Waals surface area contributed by atoms with Gasteiger partial charge in [0, 0.05) is 42.1 Å². The van der Waals surface area contributed by atoms with Gasteiger partial charge in [-0.05, 0) is 40.5 Å². The number of hydrogen-bond acceptors (Lipinski definition) is 4. The lowest BCUT2D eigenvalue weighted by molar-refractivity contribution is 0.510. The van der Waals surface area contributed by atoms with E-state index in [0.29, 0.717) is 6.04 Å². The van der Waals surface area contributed by atoms with Crippen molar-refractivity contribution in [3.8, 4) is 0 Å². The first kappa shape index (κ1) is 15.0. The molecule has 0 aliphatic heterocycles. The molecule has 0 radical (unpaired) electrons. The van der Waals surface area contributed by atoms with Gasteiger partial charge >= 0.3 is 0 Å². The molecule has 1 aliphatic rings. The summed E-state index contributed by atoms with van der Waals surface area (Å²) in [6.45, 7) is 14.0. The zero-order valence-electron chi connectivity index (χ0n) is 13.1. The van der Waals surface area contributed by atoms with Crippen LogP contribution in [0.15, 0.2) is 18.9 Å². The van der Waals surface area contributed by atoms with E-state index in [4.69, 9.17) is 0 Å². The molecule has 1 fully saturated rings. The fraction of sp³-hybridized carbons (Fsp3) is 0.625. The normalized spacial score (nSPS) is 15.2. The first-order valence-corrected chi connectivity index (χ1v) is 7.36. The van der Waals surface area contributed by atoms with E-state index in [9.17, 15) is 0 Å². The Hall–Kier alpha value is -1.42. The maximum Gasteiger partial charge on any atom is 0.226 e. The summed E-state index contributed by atoms with van der Waals surface area (Å²) in [7, 11) is 0. The highest BCUT2D eigenvalue weighted by molar-refractivity contribution is 5.37. The summed E-state index contributed by atoms with van der Waals surface area (Å²) in [5.74, 6) is 0.782. The van der Waals surface area contributed by atoms with Gasteiger partial charge in [-0.15, -0.1) is 6.58 Å². The Morgan fingerprint density at radius 2 is 2.15 bits per heavy atom. The molecule has 1 heterocycles. The molecular weight excluding hydrogens is 248 g/mol. The lowest BCUT2D eigenvalue weighted by Gasteiger charge is -2.35. The van der Waals surface area contributed by atoms with Gasteiger partial charge in [-0.2, -0.15) is 0 Å². The number of hydrogen-bond donors (Lipinski definition) is 1. The van der Waals surface area contributed by atoms with Crippen LogP contribution in [0.4, 0.5) is 5.95 Å². The van der Waals surface area contributed by atoms with Crippen molar-refractivity contribution in [3.63, 3.8) is 0 Å². The smallest absolute Gasteiger partial charge is 0.226 e. The van der Waals surface area contributed by atoms with Crippen molar-refractivity contribution in [2.24, 2.45) is 0 Å². The van der Waals surface area contributed by atoms with E-state index in [1.54, 1.807) is 0 Å². The molecule has 0 bridgehead atoms. The molecule has 1 aliphatic carbocycles. The highest BCUT2D eigenvalue weighted by atomic mass is 15.3. The van der Waals surface area contributed by atoms with Crippen LogP contribution in [0.5, 0.6) is 0 Å². The second-order valence-electron chi connectivity index (χ2n) is 6.51. The summed E-state index contributed by atoms with van der Waals surface area (Å²) >= 11 is 0. The summed E-state index contributed by atoms with van der Waals surface area (Å²) in [6, 6.07) is 0.709. The van der Waals surface area contributed by atoms with Crippen LogP contribution in [0.3, 0.4) is 0 Å². The molecule has 0 spiro atoms. The van der Waals surface area contributed by atoms with E-state index in [1.807, 2.05) is 12.3 Å². The standard InChI is InChI=1S/C16H26N4/c1-6-9-20(16(3,4)5)15-18-11-13(12(2)19-15)10-17-14-7-8-14/h6,11,14,17H,1,7-10H2,2-5H3. The third kappa shape index (κ3) is 3.79. The first-order valence-electron chi connectivity index (χ1n) is 7.36. The predicted octanol–water partition coefficient (Wildman–Crippen LogP) is 2.83. The van der Waals surface area contributed by atoms with Gasteiger partial charge < -0.3 is 10.2 Å². The average molecular weight is 274 g/mol. The minimum Gasteiger partial charge on any atom is -0.332 e. The molecule has 0 aromatic carbocycles. The van der Waals surface area contributed by atoms with Crippen LogP contribution in [-0.2, 0) is 6.54 Å². The van der Waals surface area contributed by atoms with Crippen LogP contribution in [0.25, 0.3) is 0 Å². The van der Waals surface area contributed by atoms with Gasteiger partial charge in [0.1, 0.15) is 0 Å². The highest BCUT2D eigenvalue weighted by Crippen LogP contribution is 2.22. The van der Waals surface area contributed by atoms with Crippen molar-refractivity contribution in [3.05, 3.63) is 30.1 Å². The third-order valence-corrected chi connectivity index (χ3v) is 3.59. The van der Waals surface area contributed by atoms with E-state index < -0.39 is 0 Å². The number of nitrogens with zero attached hydrogens (tertiary/aromatic N) is 3. The van der Waals surface area contributed by atoms with Gasteiger partial charge in [0.25, 0.3) is 0 Å². The number of rotatable bonds is 6. The number of aryl methyl sites for hydroxylation is 1. The van der Waals surface area contributed by atoms with Crippen molar-refractivity contribution in [2.45, 2.75) is 58.7 Å². The minimum absolute atomic E-state index is 0.0194. The molecule has 110 valence electrons. The monoisotopic (exact) mass is 274 g/mol. The van der Waals surface area contributed by atoms with Crippen LogP contribution in [0.2, 0.25) is 0 Å². The summed E-state index contributed by atoms with van der Waals surface area (Å²) < 4.78 is 0. The molecule has 4 nitrogen and oxygen atoms in total. The predicted molar refractivity (Wildman–Crippen MR) is 83.9 cm³/mol. The molecule has 0 saturated heterocycles. The Morgan fingerprint density at radius 1 is 1.45 bits per heavy atom. The molecule has 4 heteroatoms. The Morgan fingerprint density at radius 3 is 2.65 bits per heavy atom. The molecule has 0 unspecified atom stereocenters. The van der Waals surface area contributed by atoms with Crippen LogP contribution in [0.1, 0.15) is 44.9 Å². The van der Waals surface area contributed by atoms with E-state index in [1.165, 1.54) is 18.4 Å². The average Bonchev–Trinajstić information content (AvgIpc) is 3.17. The Bertz CT molecular complexity index is 472. The molecule has 1 aromatic heterocycles. The molecule has 1 saturated carbocycles.